The lowest BCUT2D eigenvalue weighted by Crippen LogP contribution is -2.42. The number of carbonyl (C=O) groups is 2. The highest BCUT2D eigenvalue weighted by molar-refractivity contribution is 5.97. The molecule has 1 fully saturated rings. The van der Waals surface area contributed by atoms with E-state index in [4.69, 9.17) is 0 Å². The Morgan fingerprint density at radius 2 is 2.04 bits per heavy atom. The van der Waals surface area contributed by atoms with E-state index in [1.54, 1.807) is 0 Å². The second-order valence-electron chi connectivity index (χ2n) is 7.52. The smallest absolute Gasteiger partial charge is 0.269 e. The van der Waals surface area contributed by atoms with Crippen LogP contribution >= 0.6 is 0 Å². The number of ketones is 1. The van der Waals surface area contributed by atoms with Gasteiger partial charge in [-0.05, 0) is 25.0 Å². The topological polar surface area (TPSA) is 95.9 Å². The molecule has 144 valence electrons. The van der Waals surface area contributed by atoms with Gasteiger partial charge in [0.1, 0.15) is 11.4 Å². The van der Waals surface area contributed by atoms with E-state index in [2.05, 4.69) is 36.3 Å². The molecule has 0 atom stereocenters. The molecular weight excluding hydrogens is 344 g/mol. The van der Waals surface area contributed by atoms with Crippen LogP contribution in [0.1, 0.15) is 71.4 Å². The van der Waals surface area contributed by atoms with Crippen LogP contribution in [0.15, 0.2) is 12.1 Å². The molecule has 1 saturated carbocycles. The molecule has 8 heteroatoms. The minimum atomic E-state index is -0.287. The van der Waals surface area contributed by atoms with Crippen molar-refractivity contribution in [2.24, 2.45) is 0 Å². The number of H-pyrrole nitrogens is 1. The molecule has 0 aromatic carbocycles. The van der Waals surface area contributed by atoms with Crippen LogP contribution < -0.4 is 5.32 Å². The zero-order chi connectivity index (χ0) is 18.8. The third-order valence-electron chi connectivity index (χ3n) is 5.58. The van der Waals surface area contributed by atoms with E-state index in [1.165, 1.54) is 50.8 Å². The minimum Gasteiger partial charge on any atom is -0.345 e. The van der Waals surface area contributed by atoms with E-state index < -0.39 is 0 Å². The SMILES string of the molecule is CC(=O)c1cc(C(=O)NCc2cc3n(n2)CCN(C2CCCCC2)C3)[nH]n1. The van der Waals surface area contributed by atoms with Crippen molar-refractivity contribution in [1.82, 2.24) is 30.2 Å². The van der Waals surface area contributed by atoms with Crippen molar-refractivity contribution in [1.29, 1.82) is 0 Å². The summed E-state index contributed by atoms with van der Waals surface area (Å²) in [5, 5.41) is 13.9. The van der Waals surface area contributed by atoms with Gasteiger partial charge in [-0.25, -0.2) is 0 Å². The molecule has 0 saturated heterocycles. The predicted molar refractivity (Wildman–Crippen MR) is 99.3 cm³/mol. The molecule has 2 aromatic rings. The van der Waals surface area contributed by atoms with Gasteiger partial charge >= 0.3 is 0 Å². The quantitative estimate of drug-likeness (QED) is 0.784. The fourth-order valence-electron chi connectivity index (χ4n) is 4.07. The highest BCUT2D eigenvalue weighted by Crippen LogP contribution is 2.26. The highest BCUT2D eigenvalue weighted by atomic mass is 16.2. The van der Waals surface area contributed by atoms with Gasteiger partial charge in [-0.2, -0.15) is 10.2 Å². The Morgan fingerprint density at radius 1 is 1.22 bits per heavy atom. The van der Waals surface area contributed by atoms with Gasteiger partial charge in [0.2, 0.25) is 0 Å². The van der Waals surface area contributed by atoms with Crippen molar-refractivity contribution in [2.75, 3.05) is 6.54 Å². The van der Waals surface area contributed by atoms with Gasteiger partial charge in [0, 0.05) is 26.1 Å². The van der Waals surface area contributed by atoms with E-state index >= 15 is 0 Å². The zero-order valence-corrected chi connectivity index (χ0v) is 15.7. The average molecular weight is 370 g/mol. The lowest BCUT2D eigenvalue weighted by atomic mass is 9.94. The maximum absolute atomic E-state index is 12.2. The van der Waals surface area contributed by atoms with Crippen LogP contribution in [0, 0.1) is 0 Å². The van der Waals surface area contributed by atoms with Crippen molar-refractivity contribution in [3.63, 3.8) is 0 Å². The maximum Gasteiger partial charge on any atom is 0.269 e. The fourth-order valence-corrected chi connectivity index (χ4v) is 4.07. The van der Waals surface area contributed by atoms with Gasteiger partial charge < -0.3 is 5.32 Å². The summed E-state index contributed by atoms with van der Waals surface area (Å²) < 4.78 is 2.06. The summed E-state index contributed by atoms with van der Waals surface area (Å²) in [5.74, 6) is -0.459. The number of amides is 1. The normalized spacial score (nSPS) is 18.3. The second kappa shape index (κ2) is 7.64. The number of nitrogens with zero attached hydrogens (tertiary/aromatic N) is 4. The standard InChI is InChI=1S/C19H26N6O2/c1-13(26)17-10-18(22-21-17)19(27)20-11-14-9-16-12-24(7-8-25(16)23-14)15-5-3-2-4-6-15/h9-10,15H,2-8,11-12H2,1H3,(H,20,27)(H,21,22). The molecule has 2 N–H and O–H groups in total. The van der Waals surface area contributed by atoms with Crippen molar-refractivity contribution >= 4 is 11.7 Å². The summed E-state index contributed by atoms with van der Waals surface area (Å²) in [5.41, 5.74) is 2.62. The van der Waals surface area contributed by atoms with Crippen molar-refractivity contribution in [2.45, 2.75) is 64.7 Å². The molecule has 2 aliphatic rings. The summed E-state index contributed by atoms with van der Waals surface area (Å²) in [6.45, 7) is 4.67. The van der Waals surface area contributed by atoms with E-state index in [0.717, 1.165) is 25.3 Å². The molecule has 0 spiro atoms. The number of Topliss-reactive ketones (excluding diaryl/α,β-unsaturated/α-hetero) is 1. The lowest BCUT2D eigenvalue weighted by molar-refractivity contribution is 0.0944. The summed E-state index contributed by atoms with van der Waals surface area (Å²) >= 11 is 0. The molecule has 1 aliphatic carbocycles. The number of aromatic nitrogens is 4. The molecule has 1 amide bonds. The van der Waals surface area contributed by atoms with Crippen LogP contribution in [0.3, 0.4) is 0 Å². The summed E-state index contributed by atoms with van der Waals surface area (Å²) in [6.07, 6.45) is 6.68. The third kappa shape index (κ3) is 3.95. The molecule has 8 nitrogen and oxygen atoms in total. The molecule has 0 unspecified atom stereocenters. The Kier molecular flexibility index (Phi) is 5.07. The van der Waals surface area contributed by atoms with Gasteiger partial charge in [-0.15, -0.1) is 0 Å². The first-order valence-corrected chi connectivity index (χ1v) is 9.74. The van der Waals surface area contributed by atoms with Gasteiger partial charge in [0.05, 0.1) is 24.5 Å². The Balaban J connectivity index is 1.35. The number of aromatic amines is 1. The van der Waals surface area contributed by atoms with Crippen LogP contribution in [0.5, 0.6) is 0 Å². The van der Waals surface area contributed by atoms with Gasteiger partial charge in [-0.3, -0.25) is 24.3 Å². The first-order chi connectivity index (χ1) is 13.1. The number of hydrogen-bond acceptors (Lipinski definition) is 5. The number of fused-ring (bicyclic) bond motifs is 1. The van der Waals surface area contributed by atoms with Crippen LogP contribution in [0.25, 0.3) is 0 Å². The molecular formula is C19H26N6O2. The zero-order valence-electron chi connectivity index (χ0n) is 15.7. The number of hydrogen-bond donors (Lipinski definition) is 2. The van der Waals surface area contributed by atoms with E-state index in [0.29, 0.717) is 12.6 Å². The van der Waals surface area contributed by atoms with Gasteiger partial charge in [-0.1, -0.05) is 19.3 Å². The maximum atomic E-state index is 12.2. The highest BCUT2D eigenvalue weighted by Gasteiger charge is 2.26. The Bertz CT molecular complexity index is 833. The molecule has 0 radical (unpaired) electrons. The first kappa shape index (κ1) is 17.9. The van der Waals surface area contributed by atoms with Crippen molar-refractivity contribution in [3.8, 4) is 0 Å². The van der Waals surface area contributed by atoms with E-state index in [-0.39, 0.29) is 23.1 Å². The molecule has 3 heterocycles. The molecule has 0 bridgehead atoms. The van der Waals surface area contributed by atoms with Crippen LogP contribution in [-0.2, 0) is 19.6 Å². The van der Waals surface area contributed by atoms with E-state index in [9.17, 15) is 9.59 Å². The Labute approximate surface area is 158 Å². The van der Waals surface area contributed by atoms with Gasteiger partial charge in [0.25, 0.3) is 5.91 Å². The molecule has 2 aromatic heterocycles. The van der Waals surface area contributed by atoms with Crippen molar-refractivity contribution < 1.29 is 9.59 Å². The largest absolute Gasteiger partial charge is 0.345 e. The summed E-state index contributed by atoms with van der Waals surface area (Å²) in [7, 11) is 0. The minimum absolute atomic E-state index is 0.172. The molecule has 1 aliphatic heterocycles. The summed E-state index contributed by atoms with van der Waals surface area (Å²) in [6, 6.07) is 4.27. The Morgan fingerprint density at radius 3 is 2.78 bits per heavy atom. The molecule has 4 rings (SSSR count). The lowest BCUT2D eigenvalue weighted by Gasteiger charge is -2.36. The number of carbonyl (C=O) groups excluding carboxylic acids is 2. The van der Waals surface area contributed by atoms with E-state index in [1.807, 2.05) is 0 Å². The monoisotopic (exact) mass is 370 g/mol. The summed E-state index contributed by atoms with van der Waals surface area (Å²) in [4.78, 5) is 26.1. The number of rotatable bonds is 5. The molecule has 27 heavy (non-hydrogen) atoms. The fraction of sp³-hybridized carbons (Fsp3) is 0.579. The second-order valence-corrected chi connectivity index (χ2v) is 7.52. The van der Waals surface area contributed by atoms with Crippen LogP contribution in [0.2, 0.25) is 0 Å². The van der Waals surface area contributed by atoms with Crippen LogP contribution in [-0.4, -0.2) is 49.2 Å². The first-order valence-electron chi connectivity index (χ1n) is 9.74. The number of nitrogens with one attached hydrogen (secondary N) is 2. The predicted octanol–water partition coefficient (Wildman–Crippen LogP) is 1.89. The Hall–Kier alpha value is -2.48. The van der Waals surface area contributed by atoms with Gasteiger partial charge in [0.15, 0.2) is 5.78 Å². The van der Waals surface area contributed by atoms with Crippen LogP contribution in [0.4, 0.5) is 0 Å². The third-order valence-corrected chi connectivity index (χ3v) is 5.58. The average Bonchev–Trinajstić information content (AvgIpc) is 3.33. The van der Waals surface area contributed by atoms with Crippen molar-refractivity contribution in [3.05, 3.63) is 34.9 Å².